The van der Waals surface area contributed by atoms with Gasteiger partial charge in [-0.3, -0.25) is 4.90 Å². The summed E-state index contributed by atoms with van der Waals surface area (Å²) in [6.45, 7) is 7.45. The lowest BCUT2D eigenvalue weighted by molar-refractivity contribution is -0.0533. The molecule has 0 aromatic carbocycles. The number of hydrogen-bond donors (Lipinski definition) is 0. The Morgan fingerprint density at radius 3 is 2.89 bits per heavy atom. The van der Waals surface area contributed by atoms with Crippen molar-refractivity contribution in [3.8, 4) is 0 Å². The smallest absolute Gasteiger partial charge is 0.243 e. The molecule has 0 bridgehead atoms. The minimum Gasteiger partial charge on any atom is -0.374 e. The monoisotopic (exact) mass is 254 g/mol. The fourth-order valence-corrected chi connectivity index (χ4v) is 2.25. The van der Waals surface area contributed by atoms with Crippen molar-refractivity contribution < 1.29 is 9.26 Å². The second kappa shape index (κ2) is 5.77. The molecule has 6 heteroatoms. The summed E-state index contributed by atoms with van der Waals surface area (Å²) in [7, 11) is 4.13. The maximum absolute atomic E-state index is 5.76. The third-order valence-electron chi connectivity index (χ3n) is 3.19. The molecule has 2 heterocycles. The second-order valence-corrected chi connectivity index (χ2v) is 5.11. The van der Waals surface area contributed by atoms with Crippen molar-refractivity contribution in [1.82, 2.24) is 19.9 Å². The summed E-state index contributed by atoms with van der Waals surface area (Å²) < 4.78 is 11.0. The first-order valence-electron chi connectivity index (χ1n) is 6.37. The van der Waals surface area contributed by atoms with Gasteiger partial charge in [-0.05, 0) is 27.9 Å². The Bertz CT molecular complexity index is 380. The highest BCUT2D eigenvalue weighted by Crippen LogP contribution is 2.21. The molecule has 0 spiro atoms. The van der Waals surface area contributed by atoms with Crippen molar-refractivity contribution >= 4 is 0 Å². The van der Waals surface area contributed by atoms with Gasteiger partial charge in [-0.1, -0.05) is 5.16 Å². The maximum Gasteiger partial charge on any atom is 0.243 e. The van der Waals surface area contributed by atoms with Crippen LogP contribution in [0.4, 0.5) is 0 Å². The van der Waals surface area contributed by atoms with Crippen molar-refractivity contribution in [2.24, 2.45) is 0 Å². The lowest BCUT2D eigenvalue weighted by atomic mass is 10.2. The van der Waals surface area contributed by atoms with Crippen molar-refractivity contribution in [3.63, 3.8) is 0 Å². The molecule has 2 atom stereocenters. The minimum atomic E-state index is 0.153. The number of aryl methyl sites for hydroxylation is 1. The van der Waals surface area contributed by atoms with Crippen LogP contribution in [0.15, 0.2) is 4.52 Å². The van der Waals surface area contributed by atoms with Gasteiger partial charge in [0.25, 0.3) is 0 Å². The van der Waals surface area contributed by atoms with Crippen LogP contribution >= 0.6 is 0 Å². The predicted molar refractivity (Wildman–Crippen MR) is 67.3 cm³/mol. The first kappa shape index (κ1) is 13.5. The Labute approximate surface area is 108 Å². The van der Waals surface area contributed by atoms with Gasteiger partial charge < -0.3 is 14.2 Å². The van der Waals surface area contributed by atoms with Crippen LogP contribution in [0.3, 0.4) is 0 Å². The summed E-state index contributed by atoms with van der Waals surface area (Å²) in [4.78, 5) is 8.79. The Kier molecular flexibility index (Phi) is 4.31. The topological polar surface area (TPSA) is 54.6 Å². The number of nitrogens with zero attached hydrogens (tertiary/aromatic N) is 4. The van der Waals surface area contributed by atoms with Gasteiger partial charge in [0, 0.05) is 19.6 Å². The predicted octanol–water partition coefficient (Wildman–Crippen LogP) is 0.701. The molecular weight excluding hydrogens is 232 g/mol. The quantitative estimate of drug-likeness (QED) is 0.788. The first-order valence-corrected chi connectivity index (χ1v) is 6.37. The van der Waals surface area contributed by atoms with E-state index in [1.807, 2.05) is 6.92 Å². The lowest BCUT2D eigenvalue weighted by Crippen LogP contribution is -2.47. The van der Waals surface area contributed by atoms with E-state index in [0.717, 1.165) is 26.2 Å². The third kappa shape index (κ3) is 3.28. The largest absolute Gasteiger partial charge is 0.374 e. The zero-order chi connectivity index (χ0) is 13.1. The molecule has 1 fully saturated rings. The van der Waals surface area contributed by atoms with E-state index in [0.29, 0.717) is 11.7 Å². The van der Waals surface area contributed by atoms with Crippen LogP contribution in [0.25, 0.3) is 0 Å². The zero-order valence-corrected chi connectivity index (χ0v) is 11.6. The number of aromatic nitrogens is 2. The highest BCUT2D eigenvalue weighted by molar-refractivity contribution is 4.92. The van der Waals surface area contributed by atoms with Crippen LogP contribution in [-0.4, -0.2) is 66.4 Å². The van der Waals surface area contributed by atoms with E-state index in [-0.39, 0.29) is 12.1 Å². The van der Waals surface area contributed by atoms with Gasteiger partial charge in [-0.15, -0.1) is 0 Å². The van der Waals surface area contributed by atoms with Crippen LogP contribution in [0, 0.1) is 6.92 Å². The van der Waals surface area contributed by atoms with Gasteiger partial charge in [0.15, 0.2) is 5.82 Å². The number of likely N-dealkylation sites (N-methyl/N-ethyl adjacent to an activating group) is 1. The summed E-state index contributed by atoms with van der Waals surface area (Å²) >= 11 is 0. The summed E-state index contributed by atoms with van der Waals surface area (Å²) in [5.41, 5.74) is 0. The fraction of sp³-hybridized carbons (Fsp3) is 0.833. The average molecular weight is 254 g/mol. The summed E-state index contributed by atoms with van der Waals surface area (Å²) in [6.07, 6.45) is 0.250. The lowest BCUT2D eigenvalue weighted by Gasteiger charge is -2.36. The number of ether oxygens (including phenoxy) is 1. The first-order chi connectivity index (χ1) is 8.56. The van der Waals surface area contributed by atoms with Crippen LogP contribution in [0.5, 0.6) is 0 Å². The van der Waals surface area contributed by atoms with Gasteiger partial charge in [0.2, 0.25) is 5.89 Å². The highest BCUT2D eigenvalue weighted by atomic mass is 16.5. The molecule has 18 heavy (non-hydrogen) atoms. The molecule has 0 aliphatic carbocycles. The molecule has 0 amide bonds. The number of rotatable bonds is 4. The van der Waals surface area contributed by atoms with Crippen LogP contribution in [-0.2, 0) is 4.74 Å². The number of hydrogen-bond acceptors (Lipinski definition) is 6. The highest BCUT2D eigenvalue weighted by Gasteiger charge is 2.27. The van der Waals surface area contributed by atoms with Crippen molar-refractivity contribution in [2.75, 3.05) is 40.3 Å². The van der Waals surface area contributed by atoms with Gasteiger partial charge in [-0.25, -0.2) is 0 Å². The third-order valence-corrected chi connectivity index (χ3v) is 3.19. The Morgan fingerprint density at radius 1 is 1.50 bits per heavy atom. The van der Waals surface area contributed by atoms with E-state index in [1.54, 1.807) is 0 Å². The van der Waals surface area contributed by atoms with E-state index in [9.17, 15) is 0 Å². The van der Waals surface area contributed by atoms with E-state index in [4.69, 9.17) is 9.26 Å². The molecule has 1 aliphatic heterocycles. The van der Waals surface area contributed by atoms with Gasteiger partial charge in [-0.2, -0.15) is 4.98 Å². The molecule has 1 saturated heterocycles. The molecular formula is C12H22N4O2. The average Bonchev–Trinajstić information content (AvgIpc) is 2.74. The SMILES string of the molecule is Cc1noc([C@H](C)N2CCO[C@@H](CN(C)C)C2)n1. The number of morpholine rings is 1. The molecule has 0 N–H and O–H groups in total. The molecule has 6 nitrogen and oxygen atoms in total. The van der Waals surface area contributed by atoms with Gasteiger partial charge in [0.1, 0.15) is 0 Å². The van der Waals surface area contributed by atoms with Crippen molar-refractivity contribution in [1.29, 1.82) is 0 Å². The molecule has 1 aromatic heterocycles. The van der Waals surface area contributed by atoms with Crippen LogP contribution in [0.2, 0.25) is 0 Å². The van der Waals surface area contributed by atoms with Crippen LogP contribution in [0.1, 0.15) is 24.7 Å². The summed E-state index contributed by atoms with van der Waals surface area (Å²) in [5, 5.41) is 3.85. The second-order valence-electron chi connectivity index (χ2n) is 5.11. The fourth-order valence-electron chi connectivity index (χ4n) is 2.25. The van der Waals surface area contributed by atoms with Gasteiger partial charge >= 0.3 is 0 Å². The van der Waals surface area contributed by atoms with Crippen molar-refractivity contribution in [3.05, 3.63) is 11.7 Å². The minimum absolute atomic E-state index is 0.153. The van der Waals surface area contributed by atoms with Crippen LogP contribution < -0.4 is 0 Å². The molecule has 0 radical (unpaired) electrons. The summed E-state index contributed by atoms with van der Waals surface area (Å²) in [5.74, 6) is 1.38. The Morgan fingerprint density at radius 2 is 2.28 bits per heavy atom. The zero-order valence-electron chi connectivity index (χ0n) is 11.6. The molecule has 1 aromatic rings. The summed E-state index contributed by atoms with van der Waals surface area (Å²) in [6, 6.07) is 0.153. The van der Waals surface area contributed by atoms with Gasteiger partial charge in [0.05, 0.1) is 18.8 Å². The Hall–Kier alpha value is -0.980. The van der Waals surface area contributed by atoms with E-state index in [2.05, 4.69) is 41.0 Å². The van der Waals surface area contributed by atoms with E-state index in [1.165, 1.54) is 0 Å². The molecule has 102 valence electrons. The van der Waals surface area contributed by atoms with E-state index < -0.39 is 0 Å². The molecule has 1 aliphatic rings. The molecule has 0 unspecified atom stereocenters. The molecule has 2 rings (SSSR count). The standard InChI is InChI=1S/C12H22N4O2/c1-9(12-13-10(2)14-18-12)16-5-6-17-11(8-16)7-15(3)4/h9,11H,5-8H2,1-4H3/t9-,11-/m0/s1. The molecule has 0 saturated carbocycles. The Balaban J connectivity index is 1.95. The van der Waals surface area contributed by atoms with E-state index >= 15 is 0 Å². The van der Waals surface area contributed by atoms with Crippen molar-refractivity contribution in [2.45, 2.75) is 26.0 Å². The normalized spacial score (nSPS) is 23.5. The maximum atomic E-state index is 5.76.